The first-order valence-corrected chi connectivity index (χ1v) is 11.2. The molecule has 0 amide bonds. The van der Waals surface area contributed by atoms with Crippen molar-refractivity contribution in [3.05, 3.63) is 53.4 Å². The van der Waals surface area contributed by atoms with Crippen LogP contribution >= 0.6 is 0 Å². The number of nitrogens with one attached hydrogen (secondary N) is 2. The van der Waals surface area contributed by atoms with Crippen LogP contribution < -0.4 is 4.72 Å². The third kappa shape index (κ3) is 3.68. The predicted molar refractivity (Wildman–Crippen MR) is 111 cm³/mol. The SMILES string of the molecule is CCCN(C)S(=O)(=O)Nc1cccc(C(=O)c2c[nH]c3ncnc(C4CC4)c23)c1F. The molecule has 8 nitrogen and oxygen atoms in total. The number of anilines is 1. The molecule has 0 atom stereocenters. The topological polar surface area (TPSA) is 108 Å². The Morgan fingerprint density at radius 1 is 1.30 bits per heavy atom. The van der Waals surface area contributed by atoms with Gasteiger partial charge in [0.15, 0.2) is 11.6 Å². The van der Waals surface area contributed by atoms with Crippen molar-refractivity contribution in [3.63, 3.8) is 0 Å². The Bertz CT molecular complexity index is 1220. The highest BCUT2D eigenvalue weighted by atomic mass is 32.2. The van der Waals surface area contributed by atoms with Gasteiger partial charge in [-0.3, -0.25) is 9.52 Å². The molecule has 10 heteroatoms. The number of aromatic amines is 1. The van der Waals surface area contributed by atoms with Crippen LogP contribution in [0.1, 0.15) is 53.7 Å². The zero-order valence-electron chi connectivity index (χ0n) is 16.6. The van der Waals surface area contributed by atoms with Crippen molar-refractivity contribution in [2.75, 3.05) is 18.3 Å². The van der Waals surface area contributed by atoms with Crippen LogP contribution in [-0.4, -0.2) is 47.1 Å². The van der Waals surface area contributed by atoms with Gasteiger partial charge in [-0.25, -0.2) is 14.4 Å². The third-order valence-corrected chi connectivity index (χ3v) is 6.62. The molecule has 30 heavy (non-hydrogen) atoms. The van der Waals surface area contributed by atoms with Crippen molar-refractivity contribution in [2.45, 2.75) is 32.1 Å². The Morgan fingerprint density at radius 2 is 2.07 bits per heavy atom. The average molecular weight is 431 g/mol. The maximum absolute atomic E-state index is 15.2. The second-order valence-corrected chi connectivity index (χ2v) is 9.16. The molecule has 1 saturated carbocycles. The average Bonchev–Trinajstić information content (AvgIpc) is 3.47. The fourth-order valence-electron chi connectivity index (χ4n) is 3.42. The summed E-state index contributed by atoms with van der Waals surface area (Å²) in [5.74, 6) is -1.21. The highest BCUT2D eigenvalue weighted by molar-refractivity contribution is 7.90. The van der Waals surface area contributed by atoms with Gasteiger partial charge in [0.05, 0.1) is 27.9 Å². The molecule has 158 valence electrons. The minimum Gasteiger partial charge on any atom is -0.345 e. The molecule has 2 heterocycles. The van der Waals surface area contributed by atoms with Crippen LogP contribution in [-0.2, 0) is 10.2 Å². The van der Waals surface area contributed by atoms with E-state index in [9.17, 15) is 13.2 Å². The summed E-state index contributed by atoms with van der Waals surface area (Å²) in [4.78, 5) is 24.6. The summed E-state index contributed by atoms with van der Waals surface area (Å²) in [5.41, 5.74) is 1.08. The molecule has 1 fully saturated rings. The number of carbonyl (C=O) groups is 1. The van der Waals surface area contributed by atoms with E-state index in [-0.39, 0.29) is 29.3 Å². The molecule has 2 aromatic heterocycles. The summed E-state index contributed by atoms with van der Waals surface area (Å²) < 4.78 is 43.3. The van der Waals surface area contributed by atoms with Gasteiger partial charge >= 0.3 is 10.2 Å². The van der Waals surface area contributed by atoms with Gasteiger partial charge in [-0.15, -0.1) is 0 Å². The van der Waals surface area contributed by atoms with E-state index in [1.54, 1.807) is 0 Å². The Balaban J connectivity index is 1.72. The maximum atomic E-state index is 15.2. The quantitative estimate of drug-likeness (QED) is 0.533. The fourth-order valence-corrected chi connectivity index (χ4v) is 4.43. The van der Waals surface area contributed by atoms with E-state index in [2.05, 4.69) is 19.7 Å². The number of halogens is 1. The molecule has 1 aromatic carbocycles. The Morgan fingerprint density at radius 3 is 2.77 bits per heavy atom. The van der Waals surface area contributed by atoms with Gasteiger partial charge in [0.25, 0.3) is 0 Å². The molecule has 1 aliphatic rings. The summed E-state index contributed by atoms with van der Waals surface area (Å²) in [6, 6.07) is 4.07. The third-order valence-electron chi connectivity index (χ3n) is 5.14. The van der Waals surface area contributed by atoms with E-state index in [4.69, 9.17) is 0 Å². The smallest absolute Gasteiger partial charge is 0.301 e. The largest absolute Gasteiger partial charge is 0.345 e. The van der Waals surface area contributed by atoms with Crippen LogP contribution in [0.2, 0.25) is 0 Å². The standard InChI is InChI=1S/C20H22FN5O3S/c1-3-9-26(2)30(28,29)25-15-6-4-5-13(17(15)21)19(27)14-10-22-20-16(14)18(12-7-8-12)23-11-24-20/h4-6,10-12,25H,3,7-9H2,1-2H3,(H,22,23,24). The van der Waals surface area contributed by atoms with Crippen LogP contribution in [0.4, 0.5) is 10.1 Å². The van der Waals surface area contributed by atoms with Gasteiger partial charge in [0.2, 0.25) is 0 Å². The summed E-state index contributed by atoms with van der Waals surface area (Å²) >= 11 is 0. The predicted octanol–water partition coefficient (Wildman–Crippen LogP) is 3.20. The Labute approximate surface area is 173 Å². The van der Waals surface area contributed by atoms with E-state index >= 15 is 4.39 Å². The number of aromatic nitrogens is 3. The molecule has 0 spiro atoms. The molecule has 0 unspecified atom stereocenters. The van der Waals surface area contributed by atoms with E-state index in [0.717, 1.165) is 22.8 Å². The van der Waals surface area contributed by atoms with Gasteiger partial charge in [-0.2, -0.15) is 12.7 Å². The van der Waals surface area contributed by atoms with Crippen LogP contribution in [0.5, 0.6) is 0 Å². The van der Waals surface area contributed by atoms with Gasteiger partial charge < -0.3 is 4.98 Å². The van der Waals surface area contributed by atoms with Crippen LogP contribution in [0.3, 0.4) is 0 Å². The molecular formula is C20H22FN5O3S. The number of H-pyrrole nitrogens is 1. The lowest BCUT2D eigenvalue weighted by Gasteiger charge is -2.18. The summed E-state index contributed by atoms with van der Waals surface area (Å²) in [6.45, 7) is 2.13. The zero-order valence-corrected chi connectivity index (χ0v) is 17.5. The fraction of sp³-hybridized carbons (Fsp3) is 0.350. The lowest BCUT2D eigenvalue weighted by molar-refractivity contribution is 0.103. The normalized spacial score (nSPS) is 14.4. The van der Waals surface area contributed by atoms with Crippen LogP contribution in [0.15, 0.2) is 30.7 Å². The Kier molecular flexibility index (Phi) is 5.29. The molecule has 0 aliphatic heterocycles. The second kappa shape index (κ2) is 7.77. The molecule has 4 rings (SSSR count). The van der Waals surface area contributed by atoms with Crippen molar-refractivity contribution in [1.82, 2.24) is 19.3 Å². The number of carbonyl (C=O) groups excluding carboxylic acids is 1. The molecule has 0 bridgehead atoms. The molecule has 3 aromatic rings. The minimum atomic E-state index is -3.93. The van der Waals surface area contributed by atoms with Crippen molar-refractivity contribution >= 4 is 32.7 Å². The molecular weight excluding hydrogens is 409 g/mol. The van der Waals surface area contributed by atoms with Crippen LogP contribution in [0, 0.1) is 5.82 Å². The van der Waals surface area contributed by atoms with Crippen molar-refractivity contribution in [3.8, 4) is 0 Å². The first-order valence-electron chi connectivity index (χ1n) is 9.72. The Hall–Kier alpha value is -2.85. The number of fused-ring (bicyclic) bond motifs is 1. The van der Waals surface area contributed by atoms with Crippen molar-refractivity contribution in [1.29, 1.82) is 0 Å². The second-order valence-electron chi connectivity index (χ2n) is 7.38. The molecule has 0 radical (unpaired) electrons. The monoisotopic (exact) mass is 431 g/mol. The van der Waals surface area contributed by atoms with E-state index < -0.39 is 21.8 Å². The molecule has 2 N–H and O–H groups in total. The number of rotatable bonds is 8. The highest BCUT2D eigenvalue weighted by Gasteiger charge is 2.31. The number of nitrogens with zero attached hydrogens (tertiary/aromatic N) is 3. The highest BCUT2D eigenvalue weighted by Crippen LogP contribution is 2.42. The lowest BCUT2D eigenvalue weighted by Crippen LogP contribution is -2.33. The van der Waals surface area contributed by atoms with E-state index in [0.29, 0.717) is 17.5 Å². The molecule has 1 aliphatic carbocycles. The van der Waals surface area contributed by atoms with Gasteiger partial charge in [0, 0.05) is 25.7 Å². The maximum Gasteiger partial charge on any atom is 0.301 e. The van der Waals surface area contributed by atoms with E-state index in [1.165, 1.54) is 37.8 Å². The minimum absolute atomic E-state index is 0.222. The van der Waals surface area contributed by atoms with Crippen molar-refractivity contribution in [2.24, 2.45) is 0 Å². The molecule has 0 saturated heterocycles. The van der Waals surface area contributed by atoms with Gasteiger partial charge in [-0.05, 0) is 31.4 Å². The van der Waals surface area contributed by atoms with Crippen molar-refractivity contribution < 1.29 is 17.6 Å². The lowest BCUT2D eigenvalue weighted by atomic mass is 10.0. The zero-order chi connectivity index (χ0) is 21.5. The number of hydrogen-bond acceptors (Lipinski definition) is 5. The number of hydrogen-bond donors (Lipinski definition) is 2. The van der Waals surface area contributed by atoms with Gasteiger partial charge in [-0.1, -0.05) is 13.0 Å². The van der Waals surface area contributed by atoms with E-state index in [1.807, 2.05) is 6.92 Å². The first-order chi connectivity index (χ1) is 14.3. The number of benzene rings is 1. The van der Waals surface area contributed by atoms with Gasteiger partial charge in [0.1, 0.15) is 12.0 Å². The summed E-state index contributed by atoms with van der Waals surface area (Å²) in [6.07, 6.45) is 5.54. The summed E-state index contributed by atoms with van der Waals surface area (Å²) in [5, 5.41) is 0.595. The number of ketones is 1. The van der Waals surface area contributed by atoms with Crippen LogP contribution in [0.25, 0.3) is 11.0 Å². The first kappa shape index (κ1) is 20.4. The summed E-state index contributed by atoms with van der Waals surface area (Å²) in [7, 11) is -2.53.